The molecule has 2 heterocycles. The highest BCUT2D eigenvalue weighted by Crippen LogP contribution is 2.70. The van der Waals surface area contributed by atoms with E-state index in [2.05, 4.69) is 19.9 Å². The highest BCUT2D eigenvalue weighted by Gasteiger charge is 2.66. The van der Waals surface area contributed by atoms with Crippen LogP contribution in [0, 0.1) is 22.7 Å². The zero-order valence-corrected chi connectivity index (χ0v) is 22.3. The summed E-state index contributed by atoms with van der Waals surface area (Å²) in [6.45, 7) is 6.46. The molecule has 11 atom stereocenters. The van der Waals surface area contributed by atoms with E-state index < -0.39 is 24.1 Å². The second kappa shape index (κ2) is 9.02. The normalized spacial score (nSPS) is 49.5. The van der Waals surface area contributed by atoms with E-state index >= 15 is 0 Å². The molecule has 3 saturated carbocycles. The molecule has 1 saturated heterocycles. The maximum Gasteiger partial charge on any atom is 0.335 e. The molecule has 0 aromatic carbocycles. The highest BCUT2D eigenvalue weighted by atomic mass is 16.7. The molecule has 0 bridgehead atoms. The van der Waals surface area contributed by atoms with Gasteiger partial charge in [-0.3, -0.25) is 0 Å². The van der Waals surface area contributed by atoms with Crippen molar-refractivity contribution in [3.63, 3.8) is 0 Å². The molecule has 7 heteroatoms. The van der Waals surface area contributed by atoms with Crippen molar-refractivity contribution in [2.45, 2.75) is 121 Å². The standard InChI is InChI=1S/C30H42O7/c1-17-24(31)15-25(32)27(36-17)37-20-8-11-28(2)19(14-20)5-6-23-22(28)9-12-29(3)21(10-13-30(23,29)34)18-4-7-26(33)35-16-18/h4,7,14,16-17,20-25,27,31-32,34H,5-6,8-13,15H2,1-3H3/t17?,20?,21-,22?,23?,24?,25?,27+,28+,29-,30+/m1/s1. The molecule has 6 rings (SSSR count). The number of hydrogen-bond donors (Lipinski definition) is 3. The third-order valence-electron chi connectivity index (χ3n) is 11.4. The van der Waals surface area contributed by atoms with E-state index in [1.54, 1.807) is 6.26 Å². The van der Waals surface area contributed by atoms with Crippen LogP contribution in [-0.2, 0) is 9.47 Å². The summed E-state index contributed by atoms with van der Waals surface area (Å²) in [6.07, 6.45) is 8.97. The Balaban J connectivity index is 1.21. The minimum absolute atomic E-state index is 0.0347. The fourth-order valence-corrected chi connectivity index (χ4v) is 9.11. The van der Waals surface area contributed by atoms with Crippen molar-refractivity contribution in [3.8, 4) is 0 Å². The lowest BCUT2D eigenvalue weighted by molar-refractivity contribution is -0.271. The Bertz CT molecular complexity index is 1090. The van der Waals surface area contributed by atoms with Crippen molar-refractivity contribution in [2.75, 3.05) is 0 Å². The first-order valence-electron chi connectivity index (χ1n) is 14.2. The molecule has 204 valence electrons. The molecule has 4 aliphatic carbocycles. The van der Waals surface area contributed by atoms with Crippen LogP contribution in [-0.4, -0.2) is 51.6 Å². The Morgan fingerprint density at radius 3 is 2.57 bits per heavy atom. The molecule has 3 N–H and O–H groups in total. The van der Waals surface area contributed by atoms with Crippen LogP contribution < -0.4 is 5.63 Å². The molecule has 1 aromatic heterocycles. The van der Waals surface area contributed by atoms with Crippen molar-refractivity contribution < 1.29 is 29.2 Å². The molecular formula is C30H42O7. The fourth-order valence-electron chi connectivity index (χ4n) is 9.11. The Hall–Kier alpha value is -1.51. The van der Waals surface area contributed by atoms with Crippen molar-refractivity contribution in [1.29, 1.82) is 0 Å². The zero-order chi connectivity index (χ0) is 26.2. The number of hydrogen-bond acceptors (Lipinski definition) is 7. The van der Waals surface area contributed by atoms with E-state index in [-0.39, 0.29) is 46.9 Å². The van der Waals surface area contributed by atoms with Gasteiger partial charge in [-0.25, -0.2) is 4.79 Å². The van der Waals surface area contributed by atoms with Gasteiger partial charge in [0.15, 0.2) is 6.29 Å². The van der Waals surface area contributed by atoms with Crippen molar-refractivity contribution in [2.24, 2.45) is 22.7 Å². The van der Waals surface area contributed by atoms with Gasteiger partial charge in [-0.15, -0.1) is 0 Å². The lowest BCUT2D eigenvalue weighted by Crippen LogP contribution is -2.60. The lowest BCUT2D eigenvalue weighted by atomic mass is 9.45. The van der Waals surface area contributed by atoms with Crippen LogP contribution in [0.4, 0.5) is 0 Å². The summed E-state index contributed by atoms with van der Waals surface area (Å²) >= 11 is 0. The van der Waals surface area contributed by atoms with Crippen molar-refractivity contribution in [3.05, 3.63) is 46.0 Å². The number of aliphatic hydroxyl groups excluding tert-OH is 2. The summed E-state index contributed by atoms with van der Waals surface area (Å²) in [6, 6.07) is 3.39. The fraction of sp³-hybridized carbons (Fsp3) is 0.767. The van der Waals surface area contributed by atoms with Crippen LogP contribution in [0.25, 0.3) is 0 Å². The number of fused-ring (bicyclic) bond motifs is 5. The molecule has 0 spiro atoms. The SMILES string of the molecule is CC1O[C@@H](OC2C=C3CCC4C(CC[C@]5(C)[C@@H](c6ccc(=O)oc6)CC[C@]45O)[C@@]3(C)CC2)C(O)CC1O. The van der Waals surface area contributed by atoms with Gasteiger partial charge < -0.3 is 29.2 Å². The summed E-state index contributed by atoms with van der Waals surface area (Å²) < 4.78 is 17.2. The molecule has 1 aromatic rings. The van der Waals surface area contributed by atoms with Crippen LogP contribution in [0.5, 0.6) is 0 Å². The molecule has 0 radical (unpaired) electrons. The summed E-state index contributed by atoms with van der Waals surface area (Å²) in [5, 5.41) is 32.8. The van der Waals surface area contributed by atoms with Crippen LogP contribution >= 0.6 is 0 Å². The first-order chi connectivity index (χ1) is 17.5. The second-order valence-electron chi connectivity index (χ2n) is 13.0. The first kappa shape index (κ1) is 25.8. The maximum absolute atomic E-state index is 12.4. The number of rotatable bonds is 3. The Morgan fingerprint density at radius 1 is 1.00 bits per heavy atom. The van der Waals surface area contributed by atoms with Gasteiger partial charge in [0.2, 0.25) is 0 Å². The first-order valence-corrected chi connectivity index (χ1v) is 14.2. The van der Waals surface area contributed by atoms with E-state index in [1.807, 2.05) is 13.0 Å². The smallest absolute Gasteiger partial charge is 0.335 e. The third kappa shape index (κ3) is 3.91. The Labute approximate surface area is 218 Å². The minimum Gasteiger partial charge on any atom is -0.431 e. The van der Waals surface area contributed by atoms with Gasteiger partial charge in [0.25, 0.3) is 0 Å². The van der Waals surface area contributed by atoms with Gasteiger partial charge in [0, 0.05) is 17.9 Å². The van der Waals surface area contributed by atoms with Gasteiger partial charge in [-0.2, -0.15) is 0 Å². The predicted molar refractivity (Wildman–Crippen MR) is 137 cm³/mol. The summed E-state index contributed by atoms with van der Waals surface area (Å²) in [5.41, 5.74) is 1.20. The molecular weight excluding hydrogens is 472 g/mol. The van der Waals surface area contributed by atoms with Crippen LogP contribution in [0.1, 0.15) is 90.0 Å². The van der Waals surface area contributed by atoms with Crippen LogP contribution in [0.2, 0.25) is 0 Å². The predicted octanol–water partition coefficient (Wildman–Crippen LogP) is 4.04. The number of allylic oxidation sites excluding steroid dienone is 1. The zero-order valence-electron chi connectivity index (χ0n) is 22.3. The maximum atomic E-state index is 12.4. The molecule has 0 amide bonds. The van der Waals surface area contributed by atoms with Crippen molar-refractivity contribution >= 4 is 0 Å². The van der Waals surface area contributed by atoms with Crippen molar-refractivity contribution in [1.82, 2.24) is 0 Å². The van der Waals surface area contributed by atoms with Crippen LogP contribution in [0.3, 0.4) is 0 Å². The second-order valence-corrected chi connectivity index (χ2v) is 13.0. The van der Waals surface area contributed by atoms with Gasteiger partial charge in [0.1, 0.15) is 6.10 Å². The highest BCUT2D eigenvalue weighted by molar-refractivity contribution is 5.31. The van der Waals surface area contributed by atoms with Gasteiger partial charge >= 0.3 is 5.63 Å². The summed E-state index contributed by atoms with van der Waals surface area (Å²) in [5.74, 6) is 0.864. The molecule has 7 nitrogen and oxygen atoms in total. The number of aliphatic hydroxyl groups is 3. The molecule has 4 fully saturated rings. The topological polar surface area (TPSA) is 109 Å². The monoisotopic (exact) mass is 514 g/mol. The quantitative estimate of drug-likeness (QED) is 0.522. The largest absolute Gasteiger partial charge is 0.431 e. The summed E-state index contributed by atoms with van der Waals surface area (Å²) in [7, 11) is 0. The molecule has 6 unspecified atom stereocenters. The Morgan fingerprint density at radius 2 is 1.81 bits per heavy atom. The average molecular weight is 515 g/mol. The Kier molecular flexibility index (Phi) is 6.28. The average Bonchev–Trinajstić information content (AvgIpc) is 3.14. The van der Waals surface area contributed by atoms with Gasteiger partial charge in [-0.1, -0.05) is 25.5 Å². The molecule has 1 aliphatic heterocycles. The van der Waals surface area contributed by atoms with Crippen LogP contribution in [0.15, 0.2) is 39.3 Å². The lowest BCUT2D eigenvalue weighted by Gasteiger charge is -2.62. The van der Waals surface area contributed by atoms with E-state index in [0.29, 0.717) is 5.92 Å². The minimum atomic E-state index is -0.827. The number of ether oxygens (including phenoxy) is 2. The van der Waals surface area contributed by atoms with E-state index in [4.69, 9.17) is 13.9 Å². The summed E-state index contributed by atoms with van der Waals surface area (Å²) in [4.78, 5) is 11.5. The van der Waals surface area contributed by atoms with Gasteiger partial charge in [0.05, 0.1) is 30.2 Å². The van der Waals surface area contributed by atoms with E-state index in [1.165, 1.54) is 11.6 Å². The van der Waals surface area contributed by atoms with E-state index in [9.17, 15) is 20.1 Å². The third-order valence-corrected chi connectivity index (χ3v) is 11.4. The van der Waals surface area contributed by atoms with Gasteiger partial charge in [-0.05, 0) is 93.1 Å². The molecule has 5 aliphatic rings. The van der Waals surface area contributed by atoms with E-state index in [0.717, 1.165) is 56.9 Å². The molecule has 37 heavy (non-hydrogen) atoms.